The molecule has 0 aliphatic carbocycles. The highest BCUT2D eigenvalue weighted by Crippen LogP contribution is 2.08. The average molecular weight is 375 g/mol. The van der Waals surface area contributed by atoms with Crippen molar-refractivity contribution in [1.29, 1.82) is 0 Å². The summed E-state index contributed by atoms with van der Waals surface area (Å²) in [5, 5.41) is 2.49. The molecule has 0 aromatic heterocycles. The van der Waals surface area contributed by atoms with E-state index >= 15 is 0 Å². The third kappa shape index (κ3) is 15.8. The minimum Gasteiger partial charge on any atom is -0.444 e. The summed E-state index contributed by atoms with van der Waals surface area (Å²) in [6, 6.07) is -0.664. The van der Waals surface area contributed by atoms with E-state index in [0.717, 1.165) is 12.5 Å². The van der Waals surface area contributed by atoms with Gasteiger partial charge in [-0.15, -0.1) is 0 Å². The second-order valence-electron chi connectivity index (χ2n) is 6.00. The van der Waals surface area contributed by atoms with Crippen LogP contribution in [0.5, 0.6) is 0 Å². The molecule has 1 amide bonds. The van der Waals surface area contributed by atoms with Crippen LogP contribution >= 0.6 is 0 Å². The molecule has 0 aliphatic rings. The van der Waals surface area contributed by atoms with Crippen LogP contribution in [-0.2, 0) is 33.3 Å². The Hall–Kier alpha value is -0.910. The Morgan fingerprint density at radius 2 is 1.57 bits per heavy atom. The standard InChI is InChI=1S/C12H25NO8S2/c1-12(2,3)21-11(14)13-10(9-20-23(5,17)18)7-6-8-19-22(4,15)16/h10H,6-9H2,1-5H3,(H,13,14)/t10-/m1/s1. The SMILES string of the molecule is CC(C)(C)OC(=O)N[C@H](CCCOS(C)(=O)=O)COS(C)(=O)=O. The van der Waals surface area contributed by atoms with Crippen molar-refractivity contribution in [2.24, 2.45) is 0 Å². The molecule has 0 fully saturated rings. The molecule has 0 spiro atoms. The van der Waals surface area contributed by atoms with Gasteiger partial charge < -0.3 is 10.1 Å². The van der Waals surface area contributed by atoms with Crippen LogP contribution in [0.2, 0.25) is 0 Å². The van der Waals surface area contributed by atoms with Crippen molar-refractivity contribution < 1.29 is 34.7 Å². The molecule has 0 saturated heterocycles. The number of nitrogens with one attached hydrogen (secondary N) is 1. The molecule has 0 unspecified atom stereocenters. The first-order chi connectivity index (χ1) is 10.2. The predicted octanol–water partition coefficient (Wildman–Crippen LogP) is 0.612. The smallest absolute Gasteiger partial charge is 0.407 e. The van der Waals surface area contributed by atoms with Crippen molar-refractivity contribution in [3.05, 3.63) is 0 Å². The molecular weight excluding hydrogens is 350 g/mol. The summed E-state index contributed by atoms with van der Waals surface area (Å²) in [5.41, 5.74) is -0.703. The summed E-state index contributed by atoms with van der Waals surface area (Å²) < 4.78 is 58.1. The molecule has 1 N–H and O–H groups in total. The van der Waals surface area contributed by atoms with Crippen molar-refractivity contribution in [3.63, 3.8) is 0 Å². The van der Waals surface area contributed by atoms with Crippen molar-refractivity contribution in [2.45, 2.75) is 45.3 Å². The second kappa shape index (κ2) is 8.81. The van der Waals surface area contributed by atoms with Gasteiger partial charge in [0.15, 0.2) is 0 Å². The van der Waals surface area contributed by atoms with Crippen LogP contribution in [0.1, 0.15) is 33.6 Å². The van der Waals surface area contributed by atoms with Gasteiger partial charge in [0.05, 0.1) is 31.8 Å². The van der Waals surface area contributed by atoms with Gasteiger partial charge in [-0.1, -0.05) is 0 Å². The van der Waals surface area contributed by atoms with Crippen molar-refractivity contribution >= 4 is 26.3 Å². The summed E-state index contributed by atoms with van der Waals surface area (Å²) in [6.07, 6.45) is 1.63. The monoisotopic (exact) mass is 375 g/mol. The number of amides is 1. The van der Waals surface area contributed by atoms with E-state index in [4.69, 9.17) is 4.74 Å². The van der Waals surface area contributed by atoms with Crippen LogP contribution in [0.15, 0.2) is 0 Å². The summed E-state index contributed by atoms with van der Waals surface area (Å²) in [7, 11) is -7.21. The molecule has 138 valence electrons. The van der Waals surface area contributed by atoms with Gasteiger partial charge in [-0.2, -0.15) is 16.8 Å². The van der Waals surface area contributed by atoms with Gasteiger partial charge in [0.2, 0.25) is 0 Å². The lowest BCUT2D eigenvalue weighted by molar-refractivity contribution is 0.0482. The number of alkyl carbamates (subject to hydrolysis) is 1. The van der Waals surface area contributed by atoms with Crippen LogP contribution in [0.3, 0.4) is 0 Å². The first-order valence-corrected chi connectivity index (χ1v) is 10.5. The average Bonchev–Trinajstić information content (AvgIpc) is 2.26. The van der Waals surface area contributed by atoms with Gasteiger partial charge in [-0.3, -0.25) is 8.37 Å². The summed E-state index contributed by atoms with van der Waals surface area (Å²) in [4.78, 5) is 11.7. The number of carbonyl (C=O) groups excluding carboxylic acids is 1. The molecule has 0 rings (SSSR count). The van der Waals surface area contributed by atoms with Crippen LogP contribution in [0, 0.1) is 0 Å². The Labute approximate surface area is 137 Å². The van der Waals surface area contributed by atoms with Gasteiger partial charge in [-0.25, -0.2) is 4.79 Å². The van der Waals surface area contributed by atoms with E-state index in [-0.39, 0.29) is 26.1 Å². The number of rotatable bonds is 9. The summed E-state index contributed by atoms with van der Waals surface area (Å²) in [6.45, 7) is 4.71. The van der Waals surface area contributed by atoms with Gasteiger partial charge in [0, 0.05) is 0 Å². The predicted molar refractivity (Wildman–Crippen MR) is 84.0 cm³/mol. The lowest BCUT2D eigenvalue weighted by atomic mass is 10.2. The molecule has 0 aromatic rings. The van der Waals surface area contributed by atoms with Gasteiger partial charge in [0.1, 0.15) is 5.60 Å². The highest BCUT2D eigenvalue weighted by molar-refractivity contribution is 7.86. The fourth-order valence-corrected chi connectivity index (χ4v) is 2.25. The van der Waals surface area contributed by atoms with Gasteiger partial charge in [0.25, 0.3) is 20.2 Å². The second-order valence-corrected chi connectivity index (χ2v) is 9.29. The van der Waals surface area contributed by atoms with E-state index in [2.05, 4.69) is 13.7 Å². The minimum absolute atomic E-state index is 0.0792. The molecule has 0 heterocycles. The zero-order chi connectivity index (χ0) is 18.3. The molecule has 11 heteroatoms. The Balaban J connectivity index is 4.53. The molecule has 0 radical (unpaired) electrons. The highest BCUT2D eigenvalue weighted by atomic mass is 32.2. The van der Waals surface area contributed by atoms with Crippen LogP contribution in [0.25, 0.3) is 0 Å². The largest absolute Gasteiger partial charge is 0.444 e. The molecule has 0 aromatic carbocycles. The zero-order valence-electron chi connectivity index (χ0n) is 14.0. The van der Waals surface area contributed by atoms with Crippen molar-refractivity contribution in [1.82, 2.24) is 5.32 Å². The van der Waals surface area contributed by atoms with Crippen molar-refractivity contribution in [3.8, 4) is 0 Å². The first-order valence-electron chi connectivity index (χ1n) is 6.86. The van der Waals surface area contributed by atoms with E-state index in [0.29, 0.717) is 0 Å². The maximum absolute atomic E-state index is 11.7. The Morgan fingerprint density at radius 3 is 2.00 bits per heavy atom. The molecule has 1 atom stereocenters. The van der Waals surface area contributed by atoms with E-state index in [1.54, 1.807) is 20.8 Å². The lowest BCUT2D eigenvalue weighted by Crippen LogP contribution is -2.42. The topological polar surface area (TPSA) is 125 Å². The van der Waals surface area contributed by atoms with Crippen LogP contribution < -0.4 is 5.32 Å². The van der Waals surface area contributed by atoms with E-state index in [1.165, 1.54) is 0 Å². The summed E-state index contributed by atoms with van der Waals surface area (Å²) >= 11 is 0. The third-order valence-corrected chi connectivity index (χ3v) is 3.36. The molecule has 0 saturated carbocycles. The minimum atomic E-state index is -3.66. The number of hydrogen-bond donors (Lipinski definition) is 1. The van der Waals surface area contributed by atoms with Crippen LogP contribution in [-0.4, -0.2) is 60.3 Å². The Bertz CT molecular complexity index is 577. The maximum Gasteiger partial charge on any atom is 0.407 e. The number of hydrogen-bond acceptors (Lipinski definition) is 8. The Morgan fingerprint density at radius 1 is 1.04 bits per heavy atom. The zero-order valence-corrected chi connectivity index (χ0v) is 15.6. The lowest BCUT2D eigenvalue weighted by Gasteiger charge is -2.23. The summed E-state index contributed by atoms with van der Waals surface area (Å²) in [5.74, 6) is 0. The number of ether oxygens (including phenoxy) is 1. The molecule has 0 aliphatic heterocycles. The molecular formula is C12H25NO8S2. The molecule has 0 bridgehead atoms. The van der Waals surface area contributed by atoms with E-state index in [9.17, 15) is 21.6 Å². The van der Waals surface area contributed by atoms with E-state index in [1.807, 2.05) is 0 Å². The fraction of sp³-hybridized carbons (Fsp3) is 0.917. The van der Waals surface area contributed by atoms with Gasteiger partial charge in [-0.05, 0) is 33.6 Å². The normalized spacial score (nSPS) is 14.3. The quantitative estimate of drug-likeness (QED) is 0.459. The maximum atomic E-state index is 11.7. The molecule has 23 heavy (non-hydrogen) atoms. The van der Waals surface area contributed by atoms with E-state index < -0.39 is 38.0 Å². The van der Waals surface area contributed by atoms with Crippen LogP contribution in [0.4, 0.5) is 4.79 Å². The highest BCUT2D eigenvalue weighted by Gasteiger charge is 2.20. The third-order valence-electron chi connectivity index (χ3n) is 2.20. The molecule has 9 nitrogen and oxygen atoms in total. The first kappa shape index (κ1) is 22.1. The Kier molecular flexibility index (Phi) is 8.46. The van der Waals surface area contributed by atoms with Crippen molar-refractivity contribution in [2.75, 3.05) is 25.7 Å². The van der Waals surface area contributed by atoms with Gasteiger partial charge >= 0.3 is 6.09 Å². The fourth-order valence-electron chi connectivity index (χ4n) is 1.42. The number of carbonyl (C=O) groups is 1.